The normalized spacial score (nSPS) is 11.1. The Kier molecular flexibility index (Phi) is 4.59. The Morgan fingerprint density at radius 2 is 2.11 bits per heavy atom. The first kappa shape index (κ1) is 13.8. The molecule has 2 aromatic heterocycles. The molecule has 98 valence electrons. The third-order valence-electron chi connectivity index (χ3n) is 3.02. The summed E-state index contributed by atoms with van der Waals surface area (Å²) in [6, 6.07) is 0. The number of hydrogen-bond acceptors (Lipinski definition) is 3. The van der Waals surface area contributed by atoms with Crippen LogP contribution in [0.4, 0.5) is 0 Å². The molecule has 5 heteroatoms. The first-order valence-corrected chi connectivity index (χ1v) is 7.81. The van der Waals surface area contributed by atoms with Gasteiger partial charge in [-0.25, -0.2) is 0 Å². The minimum atomic E-state index is 0.838. The minimum Gasteiger partial charge on any atom is -0.307 e. The van der Waals surface area contributed by atoms with Gasteiger partial charge in [-0.3, -0.25) is 4.68 Å². The van der Waals surface area contributed by atoms with Crippen LogP contribution in [0.5, 0.6) is 0 Å². The zero-order chi connectivity index (χ0) is 13.1. The Morgan fingerprint density at radius 3 is 2.72 bits per heavy atom. The molecular formula is C13H18BrN3S. The van der Waals surface area contributed by atoms with Gasteiger partial charge < -0.3 is 5.32 Å². The number of rotatable bonds is 5. The summed E-state index contributed by atoms with van der Waals surface area (Å²) in [7, 11) is 0. The van der Waals surface area contributed by atoms with Gasteiger partial charge in [-0.15, -0.1) is 0 Å². The maximum absolute atomic E-state index is 4.49. The zero-order valence-corrected chi connectivity index (χ0v) is 13.4. The van der Waals surface area contributed by atoms with Crippen LogP contribution in [-0.2, 0) is 19.6 Å². The molecule has 0 unspecified atom stereocenters. The van der Waals surface area contributed by atoms with Crippen molar-refractivity contribution in [2.75, 3.05) is 0 Å². The fraction of sp³-hybridized carbons (Fsp3) is 0.462. The summed E-state index contributed by atoms with van der Waals surface area (Å²) in [6.45, 7) is 8.96. The molecule has 0 aromatic carbocycles. The van der Waals surface area contributed by atoms with E-state index in [1.807, 2.05) is 11.6 Å². The molecule has 18 heavy (non-hydrogen) atoms. The molecule has 0 spiro atoms. The second-order valence-electron chi connectivity index (χ2n) is 4.35. The number of nitrogens with one attached hydrogen (secondary N) is 1. The lowest BCUT2D eigenvalue weighted by atomic mass is 10.2. The Balaban J connectivity index is 2.00. The number of aromatic nitrogens is 2. The summed E-state index contributed by atoms with van der Waals surface area (Å²) in [4.78, 5) is 0. The van der Waals surface area contributed by atoms with Crippen molar-refractivity contribution < 1.29 is 0 Å². The molecule has 0 aliphatic carbocycles. The van der Waals surface area contributed by atoms with Gasteiger partial charge in [0.25, 0.3) is 0 Å². The monoisotopic (exact) mass is 327 g/mol. The number of hydrogen-bond donors (Lipinski definition) is 1. The predicted molar refractivity (Wildman–Crippen MR) is 79.9 cm³/mol. The Hall–Kier alpha value is -0.650. The first-order chi connectivity index (χ1) is 8.63. The van der Waals surface area contributed by atoms with E-state index in [2.05, 4.69) is 51.0 Å². The van der Waals surface area contributed by atoms with Crippen molar-refractivity contribution in [2.24, 2.45) is 0 Å². The van der Waals surface area contributed by atoms with E-state index < -0.39 is 0 Å². The van der Waals surface area contributed by atoms with Crippen molar-refractivity contribution in [3.8, 4) is 0 Å². The lowest BCUT2D eigenvalue weighted by molar-refractivity contribution is 0.578. The molecule has 2 aromatic rings. The van der Waals surface area contributed by atoms with E-state index in [-0.39, 0.29) is 0 Å². The van der Waals surface area contributed by atoms with Crippen molar-refractivity contribution in [1.29, 1.82) is 0 Å². The summed E-state index contributed by atoms with van der Waals surface area (Å²) >= 11 is 5.37. The van der Waals surface area contributed by atoms with Crippen molar-refractivity contribution in [3.05, 3.63) is 37.7 Å². The average Bonchev–Trinajstić information content (AvgIpc) is 2.87. The van der Waals surface area contributed by atoms with E-state index in [1.165, 1.54) is 16.8 Å². The zero-order valence-electron chi connectivity index (χ0n) is 11.0. The summed E-state index contributed by atoms with van der Waals surface area (Å²) in [5, 5.41) is 12.4. The standard InChI is InChI=1S/C13H18BrN3S/c1-4-17-12(13(14)10(3)16-17)6-15-5-11-8-18-7-9(11)2/h7-8,15H,4-6H2,1-3H3. The molecule has 1 N–H and O–H groups in total. The number of halogens is 1. The topological polar surface area (TPSA) is 29.9 Å². The smallest absolute Gasteiger partial charge is 0.0739 e. The van der Waals surface area contributed by atoms with E-state index in [1.54, 1.807) is 11.3 Å². The summed E-state index contributed by atoms with van der Waals surface area (Å²) in [5.74, 6) is 0. The van der Waals surface area contributed by atoms with Gasteiger partial charge in [0, 0.05) is 19.6 Å². The van der Waals surface area contributed by atoms with Crippen LogP contribution in [0.1, 0.15) is 29.4 Å². The predicted octanol–water partition coefficient (Wildman–Crippen LogP) is 3.63. The van der Waals surface area contributed by atoms with Gasteiger partial charge in [-0.1, -0.05) is 0 Å². The average molecular weight is 328 g/mol. The Labute approximate surface area is 120 Å². The number of thiophene rings is 1. The van der Waals surface area contributed by atoms with Gasteiger partial charge in [0.15, 0.2) is 0 Å². The van der Waals surface area contributed by atoms with Crippen LogP contribution < -0.4 is 5.32 Å². The van der Waals surface area contributed by atoms with Crippen LogP contribution in [0.15, 0.2) is 15.2 Å². The molecular weight excluding hydrogens is 310 g/mol. The molecule has 0 radical (unpaired) electrons. The maximum atomic E-state index is 4.49. The molecule has 0 saturated heterocycles. The highest BCUT2D eigenvalue weighted by Gasteiger charge is 2.11. The van der Waals surface area contributed by atoms with E-state index in [4.69, 9.17) is 0 Å². The van der Waals surface area contributed by atoms with Gasteiger partial charge in [-0.2, -0.15) is 16.4 Å². The lowest BCUT2D eigenvalue weighted by Gasteiger charge is -2.07. The third kappa shape index (κ3) is 2.84. The largest absolute Gasteiger partial charge is 0.307 e. The van der Waals surface area contributed by atoms with E-state index >= 15 is 0 Å². The molecule has 3 nitrogen and oxygen atoms in total. The van der Waals surface area contributed by atoms with Gasteiger partial charge in [-0.05, 0) is 58.6 Å². The summed E-state index contributed by atoms with van der Waals surface area (Å²) < 4.78 is 3.17. The number of nitrogens with zero attached hydrogens (tertiary/aromatic N) is 2. The van der Waals surface area contributed by atoms with Crippen molar-refractivity contribution in [2.45, 2.75) is 40.4 Å². The van der Waals surface area contributed by atoms with Crippen LogP contribution >= 0.6 is 27.3 Å². The molecule has 2 rings (SSSR count). The minimum absolute atomic E-state index is 0.838. The van der Waals surface area contributed by atoms with Crippen molar-refractivity contribution in [3.63, 3.8) is 0 Å². The molecule has 0 amide bonds. The fourth-order valence-corrected chi connectivity index (χ4v) is 3.20. The molecule has 0 fully saturated rings. The molecule has 2 heterocycles. The van der Waals surface area contributed by atoms with Gasteiger partial charge in [0.05, 0.1) is 15.9 Å². The van der Waals surface area contributed by atoms with Crippen molar-refractivity contribution in [1.82, 2.24) is 15.1 Å². The van der Waals surface area contributed by atoms with Crippen LogP contribution in [0.3, 0.4) is 0 Å². The SMILES string of the molecule is CCn1nc(C)c(Br)c1CNCc1cscc1C. The maximum Gasteiger partial charge on any atom is 0.0739 e. The molecule has 0 aliphatic rings. The molecule has 0 aliphatic heterocycles. The third-order valence-corrected chi connectivity index (χ3v) is 4.96. The van der Waals surface area contributed by atoms with E-state index in [0.29, 0.717) is 0 Å². The van der Waals surface area contributed by atoms with Crippen LogP contribution in [0, 0.1) is 13.8 Å². The second kappa shape index (κ2) is 5.99. The van der Waals surface area contributed by atoms with Gasteiger partial charge in [0.1, 0.15) is 0 Å². The van der Waals surface area contributed by atoms with Gasteiger partial charge in [0.2, 0.25) is 0 Å². The molecule has 0 atom stereocenters. The fourth-order valence-electron chi connectivity index (χ4n) is 1.92. The van der Waals surface area contributed by atoms with Crippen molar-refractivity contribution >= 4 is 27.3 Å². The Morgan fingerprint density at radius 1 is 1.33 bits per heavy atom. The highest BCUT2D eigenvalue weighted by atomic mass is 79.9. The van der Waals surface area contributed by atoms with Gasteiger partial charge >= 0.3 is 0 Å². The number of aryl methyl sites for hydroxylation is 3. The second-order valence-corrected chi connectivity index (χ2v) is 5.88. The molecule has 0 saturated carbocycles. The molecule has 0 bridgehead atoms. The van der Waals surface area contributed by atoms with Crippen LogP contribution in [-0.4, -0.2) is 9.78 Å². The Bertz CT molecular complexity index is 530. The van der Waals surface area contributed by atoms with E-state index in [9.17, 15) is 0 Å². The lowest BCUT2D eigenvalue weighted by Crippen LogP contribution is -2.16. The summed E-state index contributed by atoms with van der Waals surface area (Å²) in [6.07, 6.45) is 0. The quantitative estimate of drug-likeness (QED) is 0.908. The highest BCUT2D eigenvalue weighted by Crippen LogP contribution is 2.21. The first-order valence-electron chi connectivity index (χ1n) is 6.07. The van der Waals surface area contributed by atoms with Crippen LogP contribution in [0.25, 0.3) is 0 Å². The highest BCUT2D eigenvalue weighted by molar-refractivity contribution is 9.10. The summed E-state index contributed by atoms with van der Waals surface area (Å²) in [5.41, 5.74) is 5.03. The van der Waals surface area contributed by atoms with E-state index in [0.717, 1.165) is 29.8 Å². The van der Waals surface area contributed by atoms with Crippen LogP contribution in [0.2, 0.25) is 0 Å².